The van der Waals surface area contributed by atoms with Gasteiger partial charge in [-0.25, -0.2) is 4.79 Å². The molecule has 1 amide bonds. The zero-order valence-corrected chi connectivity index (χ0v) is 22.8. The molecule has 0 saturated carbocycles. The standard InChI is InChI=1S/C32H39N3O4/c1-2-3-4-5-6-10-17-35-18-11-12-22-19-23(15-16-25(35)20-22)26-21-27(30(26)36)28(29(33)32(38)39)31(37)34-24-13-8-7-9-14-24/h7-9,13-16,19,33,36H,2-6,10-12,17-18,20-21H2,1H3,(H,34,37)(H,38,39)/b28-27-,33-29?. The highest BCUT2D eigenvalue weighted by Crippen LogP contribution is 2.42. The van der Waals surface area contributed by atoms with Gasteiger partial charge in [0.05, 0.1) is 5.57 Å². The Morgan fingerprint density at radius 3 is 2.49 bits per heavy atom. The predicted octanol–water partition coefficient (Wildman–Crippen LogP) is 6.84. The quantitative estimate of drug-likeness (QED) is 0.134. The lowest BCUT2D eigenvalue weighted by atomic mass is 9.80. The monoisotopic (exact) mass is 529 g/mol. The van der Waals surface area contributed by atoms with Crippen LogP contribution in [-0.2, 0) is 9.59 Å². The number of anilines is 1. The minimum Gasteiger partial charge on any atom is -0.507 e. The lowest BCUT2D eigenvalue weighted by molar-refractivity contribution is -0.129. The molecule has 1 fully saturated rings. The smallest absolute Gasteiger partial charge is 0.354 e. The molecule has 4 N–H and O–H groups in total. The maximum Gasteiger partial charge on any atom is 0.354 e. The molecule has 3 aliphatic rings. The molecule has 1 aliphatic heterocycles. The number of carboxylic acids is 1. The van der Waals surface area contributed by atoms with Crippen LogP contribution in [0.5, 0.6) is 0 Å². The van der Waals surface area contributed by atoms with Gasteiger partial charge in [0.2, 0.25) is 0 Å². The van der Waals surface area contributed by atoms with Gasteiger partial charge in [0.15, 0.2) is 5.71 Å². The first-order chi connectivity index (χ1) is 18.9. The summed E-state index contributed by atoms with van der Waals surface area (Å²) in [4.78, 5) is 27.1. The number of carboxylic acid groups (broad SMARTS) is 1. The van der Waals surface area contributed by atoms with E-state index in [1.54, 1.807) is 30.3 Å². The van der Waals surface area contributed by atoms with Crippen molar-refractivity contribution in [3.8, 4) is 0 Å². The number of carbonyl (C=O) groups is 2. The van der Waals surface area contributed by atoms with Crippen LogP contribution in [0.1, 0.15) is 71.1 Å². The summed E-state index contributed by atoms with van der Waals surface area (Å²) in [5, 5.41) is 31.2. The third-order valence-electron chi connectivity index (χ3n) is 7.63. The van der Waals surface area contributed by atoms with E-state index in [1.807, 2.05) is 6.08 Å². The summed E-state index contributed by atoms with van der Waals surface area (Å²) in [6, 6.07) is 8.66. The Morgan fingerprint density at radius 1 is 1.03 bits per heavy atom. The van der Waals surface area contributed by atoms with E-state index in [0.29, 0.717) is 11.3 Å². The number of benzene rings is 1. The summed E-state index contributed by atoms with van der Waals surface area (Å²) < 4.78 is 0. The minimum absolute atomic E-state index is 0.112. The number of aliphatic hydroxyl groups excluding tert-OH is 1. The van der Waals surface area contributed by atoms with Crippen LogP contribution < -0.4 is 5.32 Å². The Hall–Kier alpha value is -3.87. The Kier molecular flexibility index (Phi) is 9.58. The maximum absolute atomic E-state index is 13.0. The van der Waals surface area contributed by atoms with Crippen LogP contribution in [0.4, 0.5) is 5.69 Å². The van der Waals surface area contributed by atoms with E-state index in [0.717, 1.165) is 37.9 Å². The summed E-state index contributed by atoms with van der Waals surface area (Å²) in [6.45, 7) is 4.35. The van der Waals surface area contributed by atoms with Crippen LogP contribution >= 0.6 is 0 Å². The van der Waals surface area contributed by atoms with Gasteiger partial charge < -0.3 is 20.4 Å². The second-order valence-corrected chi connectivity index (χ2v) is 10.5. The van der Waals surface area contributed by atoms with Crippen molar-refractivity contribution in [1.29, 1.82) is 5.41 Å². The first kappa shape index (κ1) is 28.1. The van der Waals surface area contributed by atoms with E-state index in [4.69, 9.17) is 5.41 Å². The third kappa shape index (κ3) is 6.96. The van der Waals surface area contributed by atoms with Gasteiger partial charge in [-0.1, -0.05) is 75.0 Å². The summed E-state index contributed by atoms with van der Waals surface area (Å²) in [6.07, 6.45) is 17.1. The Labute approximate surface area is 230 Å². The molecule has 1 aromatic carbocycles. The normalized spacial score (nSPS) is 18.2. The number of aliphatic carboxylic acids is 1. The molecule has 2 bridgehead atoms. The number of unbranched alkanes of at least 4 members (excludes halogenated alkanes) is 5. The molecule has 1 saturated heterocycles. The lowest BCUT2D eigenvalue weighted by Crippen LogP contribution is -2.29. The number of fused-ring (bicyclic) bond motifs is 2. The van der Waals surface area contributed by atoms with Crippen molar-refractivity contribution in [3.05, 3.63) is 87.9 Å². The van der Waals surface area contributed by atoms with Gasteiger partial charge in [0.1, 0.15) is 5.76 Å². The third-order valence-corrected chi connectivity index (χ3v) is 7.63. The van der Waals surface area contributed by atoms with E-state index in [9.17, 15) is 19.8 Å². The molecular formula is C32H39N3O4. The molecular weight excluding hydrogens is 490 g/mol. The molecule has 7 heteroatoms. The number of nitrogens with zero attached hydrogens (tertiary/aromatic N) is 1. The van der Waals surface area contributed by atoms with Crippen LogP contribution in [0.3, 0.4) is 0 Å². The summed E-state index contributed by atoms with van der Waals surface area (Å²) in [7, 11) is 0. The van der Waals surface area contributed by atoms with Crippen molar-refractivity contribution in [1.82, 2.24) is 4.90 Å². The molecule has 4 rings (SSSR count). The number of allylic oxidation sites excluding steroid dienone is 7. The maximum atomic E-state index is 13.0. The highest BCUT2D eigenvalue weighted by Gasteiger charge is 2.34. The average Bonchev–Trinajstić information content (AvgIpc) is 3.25. The summed E-state index contributed by atoms with van der Waals surface area (Å²) >= 11 is 0. The van der Waals surface area contributed by atoms with Gasteiger partial charge in [-0.2, -0.15) is 0 Å². The number of amides is 1. The Morgan fingerprint density at radius 2 is 1.77 bits per heavy atom. The predicted molar refractivity (Wildman–Crippen MR) is 155 cm³/mol. The Balaban J connectivity index is 1.55. The van der Waals surface area contributed by atoms with Crippen LogP contribution in [-0.4, -0.2) is 45.8 Å². The minimum atomic E-state index is -1.52. The van der Waals surface area contributed by atoms with Gasteiger partial charge in [-0.05, 0) is 43.0 Å². The van der Waals surface area contributed by atoms with Gasteiger partial charge in [-0.3, -0.25) is 10.2 Å². The van der Waals surface area contributed by atoms with Gasteiger partial charge in [-0.15, -0.1) is 0 Å². The molecule has 206 valence electrons. The molecule has 39 heavy (non-hydrogen) atoms. The first-order valence-electron chi connectivity index (χ1n) is 14.1. The van der Waals surface area contributed by atoms with E-state index in [1.165, 1.54) is 49.8 Å². The van der Waals surface area contributed by atoms with Crippen molar-refractivity contribution in [3.63, 3.8) is 0 Å². The van der Waals surface area contributed by atoms with Crippen LogP contribution in [0, 0.1) is 5.41 Å². The number of likely N-dealkylation sites (tertiary alicyclic amines) is 1. The first-order valence-corrected chi connectivity index (χ1v) is 14.1. The fraction of sp³-hybridized carbons (Fsp3) is 0.406. The number of nitrogens with one attached hydrogen (secondary N) is 2. The number of hydrogen-bond acceptors (Lipinski definition) is 5. The van der Waals surface area contributed by atoms with Crippen molar-refractivity contribution in [2.45, 2.75) is 71.1 Å². The van der Waals surface area contributed by atoms with Crippen LogP contribution in [0.15, 0.2) is 87.9 Å². The topological polar surface area (TPSA) is 114 Å². The zero-order chi connectivity index (χ0) is 27.8. The van der Waals surface area contributed by atoms with Gasteiger partial charge >= 0.3 is 5.97 Å². The summed E-state index contributed by atoms with van der Waals surface area (Å²) in [5.74, 6) is -2.35. The zero-order valence-electron chi connectivity index (χ0n) is 22.8. The van der Waals surface area contributed by atoms with Crippen LogP contribution in [0.2, 0.25) is 0 Å². The molecule has 0 aromatic heterocycles. The number of para-hydroxylation sites is 1. The molecule has 0 radical (unpaired) electrons. The van der Waals surface area contributed by atoms with Gasteiger partial charge in [0, 0.05) is 48.5 Å². The van der Waals surface area contributed by atoms with E-state index in [2.05, 4.69) is 29.3 Å². The fourth-order valence-electron chi connectivity index (χ4n) is 5.43. The Bertz CT molecular complexity index is 1270. The molecule has 0 unspecified atom stereocenters. The SMILES string of the molecule is CCCCCCCCN1CCCC2=CC(C3=C(O)/C(=C(/C(=N)C(=O)O)C(=O)Nc4ccccc4)C3)=CC=C1C2. The number of carbonyl (C=O) groups excluding carboxylic acids is 1. The number of aliphatic hydroxyl groups is 1. The van der Waals surface area contributed by atoms with Gasteiger partial charge in [0.25, 0.3) is 5.91 Å². The molecule has 2 aliphatic carbocycles. The second kappa shape index (κ2) is 13.3. The van der Waals surface area contributed by atoms with Crippen molar-refractivity contribution >= 4 is 23.3 Å². The highest BCUT2D eigenvalue weighted by atomic mass is 16.4. The average molecular weight is 530 g/mol. The molecule has 7 nitrogen and oxygen atoms in total. The largest absolute Gasteiger partial charge is 0.507 e. The summed E-state index contributed by atoms with van der Waals surface area (Å²) in [5.41, 5.74) is 3.69. The van der Waals surface area contributed by atoms with Crippen LogP contribution in [0.25, 0.3) is 0 Å². The molecule has 1 aromatic rings. The fourth-order valence-corrected chi connectivity index (χ4v) is 5.43. The van der Waals surface area contributed by atoms with E-state index >= 15 is 0 Å². The van der Waals surface area contributed by atoms with Crippen molar-refractivity contribution in [2.75, 3.05) is 18.4 Å². The van der Waals surface area contributed by atoms with E-state index in [-0.39, 0.29) is 23.3 Å². The number of hydrogen-bond donors (Lipinski definition) is 4. The van der Waals surface area contributed by atoms with Crippen molar-refractivity contribution < 1.29 is 19.8 Å². The molecule has 1 heterocycles. The highest BCUT2D eigenvalue weighted by molar-refractivity contribution is 6.49. The molecule has 0 spiro atoms. The number of rotatable bonds is 12. The van der Waals surface area contributed by atoms with E-state index < -0.39 is 17.6 Å². The van der Waals surface area contributed by atoms with Crippen molar-refractivity contribution in [2.24, 2.45) is 0 Å². The second-order valence-electron chi connectivity index (χ2n) is 10.5. The molecule has 0 atom stereocenters. The lowest BCUT2D eigenvalue weighted by Gasteiger charge is -2.27.